The lowest BCUT2D eigenvalue weighted by Gasteiger charge is -2.22. The molecule has 1 saturated heterocycles. The van der Waals surface area contributed by atoms with Crippen molar-refractivity contribution in [1.82, 2.24) is 9.97 Å². The van der Waals surface area contributed by atoms with Crippen LogP contribution in [0.25, 0.3) is 10.2 Å². The van der Waals surface area contributed by atoms with Crippen molar-refractivity contribution < 1.29 is 14.3 Å². The van der Waals surface area contributed by atoms with Crippen LogP contribution in [0.2, 0.25) is 0 Å². The maximum absolute atomic E-state index is 11.3. The van der Waals surface area contributed by atoms with Gasteiger partial charge in [-0.15, -0.1) is 11.3 Å². The van der Waals surface area contributed by atoms with E-state index >= 15 is 0 Å². The molecule has 0 aliphatic carbocycles. The molecule has 0 bridgehead atoms. The number of fused-ring (bicyclic) bond motifs is 1. The molecule has 2 aromatic rings. The van der Waals surface area contributed by atoms with Gasteiger partial charge < -0.3 is 15.2 Å². The number of ether oxygens (including phenoxy) is 2. The third-order valence-corrected chi connectivity index (χ3v) is 4.60. The van der Waals surface area contributed by atoms with Crippen molar-refractivity contribution in [3.8, 4) is 5.88 Å². The number of thiazole rings is 1. The number of amides is 1. The fraction of sp³-hybridized carbons (Fsp3) is 0.462. The SMILES string of the molecule is COc1ncc(C2CCOCC2)c2sc(C(N)=O)nc12. The zero-order valence-electron chi connectivity index (χ0n) is 11.1. The molecular weight excluding hydrogens is 278 g/mol. The van der Waals surface area contributed by atoms with Crippen molar-refractivity contribution >= 4 is 27.5 Å². The summed E-state index contributed by atoms with van der Waals surface area (Å²) in [5.74, 6) is 0.288. The summed E-state index contributed by atoms with van der Waals surface area (Å²) in [6.45, 7) is 1.50. The Morgan fingerprint density at radius 1 is 1.50 bits per heavy atom. The van der Waals surface area contributed by atoms with Crippen LogP contribution in [0.5, 0.6) is 5.88 Å². The number of nitrogens with zero attached hydrogens (tertiary/aromatic N) is 2. The second-order valence-electron chi connectivity index (χ2n) is 4.67. The highest BCUT2D eigenvalue weighted by Gasteiger charge is 2.23. The highest BCUT2D eigenvalue weighted by Crippen LogP contribution is 2.37. The molecule has 0 saturated carbocycles. The van der Waals surface area contributed by atoms with Crippen molar-refractivity contribution in [2.45, 2.75) is 18.8 Å². The van der Waals surface area contributed by atoms with Gasteiger partial charge in [0.25, 0.3) is 5.91 Å². The number of carbonyl (C=O) groups excluding carboxylic acids is 1. The van der Waals surface area contributed by atoms with Gasteiger partial charge in [0.1, 0.15) is 5.52 Å². The number of methoxy groups -OCH3 is 1. The second kappa shape index (κ2) is 5.34. The standard InChI is InChI=1S/C13H15N3O3S/c1-18-12-9-10(20-13(16-9)11(14)17)8(6-15-12)7-2-4-19-5-3-7/h6-7H,2-5H2,1H3,(H2,14,17). The van der Waals surface area contributed by atoms with Gasteiger partial charge in [0.05, 0.1) is 11.8 Å². The van der Waals surface area contributed by atoms with Crippen molar-refractivity contribution in [1.29, 1.82) is 0 Å². The molecule has 2 aromatic heterocycles. The Morgan fingerprint density at radius 2 is 2.25 bits per heavy atom. The summed E-state index contributed by atoms with van der Waals surface area (Å²) in [7, 11) is 1.54. The Balaban J connectivity index is 2.14. The van der Waals surface area contributed by atoms with Crippen molar-refractivity contribution in [3.05, 3.63) is 16.8 Å². The minimum Gasteiger partial charge on any atom is -0.479 e. The van der Waals surface area contributed by atoms with E-state index in [4.69, 9.17) is 15.2 Å². The number of hydrogen-bond acceptors (Lipinski definition) is 6. The van der Waals surface area contributed by atoms with Crippen LogP contribution in [0, 0.1) is 0 Å². The first-order valence-corrected chi connectivity index (χ1v) is 7.23. The summed E-state index contributed by atoms with van der Waals surface area (Å²) in [6.07, 6.45) is 3.72. The first-order valence-electron chi connectivity index (χ1n) is 6.41. The first kappa shape index (κ1) is 13.3. The maximum Gasteiger partial charge on any atom is 0.277 e. The molecule has 0 atom stereocenters. The molecule has 1 aliphatic rings. The maximum atomic E-state index is 11.3. The third kappa shape index (κ3) is 2.23. The predicted octanol–water partition coefficient (Wildman–Crippen LogP) is 1.69. The molecule has 0 aromatic carbocycles. The van der Waals surface area contributed by atoms with Gasteiger partial charge in [-0.2, -0.15) is 0 Å². The molecule has 0 unspecified atom stereocenters. The van der Waals surface area contributed by atoms with Gasteiger partial charge in [0, 0.05) is 19.4 Å². The average molecular weight is 293 g/mol. The molecule has 7 heteroatoms. The number of hydrogen-bond donors (Lipinski definition) is 1. The first-order chi connectivity index (χ1) is 9.70. The number of primary amides is 1. The third-order valence-electron chi connectivity index (χ3n) is 3.48. The van der Waals surface area contributed by atoms with E-state index in [0.717, 1.165) is 36.3 Å². The lowest BCUT2D eigenvalue weighted by Crippen LogP contribution is -2.14. The van der Waals surface area contributed by atoms with Crippen molar-refractivity contribution in [2.24, 2.45) is 5.73 Å². The highest BCUT2D eigenvalue weighted by molar-refractivity contribution is 7.20. The fourth-order valence-corrected chi connectivity index (χ4v) is 3.46. The van der Waals surface area contributed by atoms with E-state index in [9.17, 15) is 4.79 Å². The fourth-order valence-electron chi connectivity index (χ4n) is 2.46. The number of nitrogens with two attached hydrogens (primary N) is 1. The molecular formula is C13H15N3O3S. The zero-order chi connectivity index (χ0) is 14.1. The minimum absolute atomic E-state index is 0.291. The number of carbonyl (C=O) groups is 1. The van der Waals surface area contributed by atoms with Crippen LogP contribution in [0.1, 0.15) is 34.1 Å². The van der Waals surface area contributed by atoms with Gasteiger partial charge >= 0.3 is 0 Å². The van der Waals surface area contributed by atoms with Crippen LogP contribution in [0.4, 0.5) is 0 Å². The molecule has 0 radical (unpaired) electrons. The molecule has 1 fully saturated rings. The number of aromatic nitrogens is 2. The predicted molar refractivity (Wildman–Crippen MR) is 75.3 cm³/mol. The van der Waals surface area contributed by atoms with E-state index < -0.39 is 5.91 Å². The number of pyridine rings is 1. The summed E-state index contributed by atoms with van der Waals surface area (Å²) >= 11 is 1.31. The van der Waals surface area contributed by atoms with E-state index in [1.165, 1.54) is 11.3 Å². The largest absolute Gasteiger partial charge is 0.479 e. The van der Waals surface area contributed by atoms with E-state index in [-0.39, 0.29) is 0 Å². The van der Waals surface area contributed by atoms with Crippen LogP contribution in [0.3, 0.4) is 0 Å². The van der Waals surface area contributed by atoms with Gasteiger partial charge in [-0.1, -0.05) is 0 Å². The van der Waals surface area contributed by atoms with E-state index in [1.807, 2.05) is 6.20 Å². The summed E-state index contributed by atoms with van der Waals surface area (Å²) in [5.41, 5.74) is 7.05. The van der Waals surface area contributed by atoms with E-state index in [1.54, 1.807) is 7.11 Å². The average Bonchev–Trinajstić information content (AvgIpc) is 2.92. The van der Waals surface area contributed by atoms with Crippen LogP contribution >= 0.6 is 11.3 Å². The quantitative estimate of drug-likeness (QED) is 0.930. The Hall–Kier alpha value is -1.73. The lowest BCUT2D eigenvalue weighted by molar-refractivity contribution is 0.0855. The summed E-state index contributed by atoms with van der Waals surface area (Å²) in [5, 5.41) is 0.291. The Morgan fingerprint density at radius 3 is 2.90 bits per heavy atom. The van der Waals surface area contributed by atoms with Gasteiger partial charge in [0.2, 0.25) is 5.88 Å². The van der Waals surface area contributed by atoms with Crippen molar-refractivity contribution in [3.63, 3.8) is 0 Å². The van der Waals surface area contributed by atoms with Crippen LogP contribution in [-0.2, 0) is 4.74 Å². The summed E-state index contributed by atoms with van der Waals surface area (Å²) < 4.78 is 11.6. The molecule has 0 spiro atoms. The molecule has 1 amide bonds. The van der Waals surface area contributed by atoms with Crippen LogP contribution in [0.15, 0.2) is 6.20 Å². The Bertz CT molecular complexity index is 650. The molecule has 6 nitrogen and oxygen atoms in total. The Labute approximate surface area is 119 Å². The van der Waals surface area contributed by atoms with Gasteiger partial charge in [-0.05, 0) is 24.3 Å². The monoisotopic (exact) mass is 293 g/mol. The van der Waals surface area contributed by atoms with Gasteiger partial charge in [-0.25, -0.2) is 9.97 Å². The van der Waals surface area contributed by atoms with E-state index in [2.05, 4.69) is 9.97 Å². The molecule has 3 rings (SSSR count). The second-order valence-corrected chi connectivity index (χ2v) is 5.67. The zero-order valence-corrected chi connectivity index (χ0v) is 11.9. The molecule has 2 N–H and O–H groups in total. The highest BCUT2D eigenvalue weighted by atomic mass is 32.1. The van der Waals surface area contributed by atoms with Crippen molar-refractivity contribution in [2.75, 3.05) is 20.3 Å². The molecule has 106 valence electrons. The van der Waals surface area contributed by atoms with Crippen LogP contribution < -0.4 is 10.5 Å². The molecule has 20 heavy (non-hydrogen) atoms. The Kier molecular flexibility index (Phi) is 3.54. The number of rotatable bonds is 3. The van der Waals surface area contributed by atoms with E-state index in [0.29, 0.717) is 22.3 Å². The molecule has 1 aliphatic heterocycles. The minimum atomic E-state index is -0.522. The van der Waals surface area contributed by atoms with Crippen LogP contribution in [-0.4, -0.2) is 36.2 Å². The normalized spacial score (nSPS) is 16.4. The van der Waals surface area contributed by atoms with Gasteiger partial charge in [-0.3, -0.25) is 4.79 Å². The summed E-state index contributed by atoms with van der Waals surface area (Å²) in [6, 6.07) is 0. The molecule has 3 heterocycles. The summed E-state index contributed by atoms with van der Waals surface area (Å²) in [4.78, 5) is 19.9. The lowest BCUT2D eigenvalue weighted by atomic mass is 9.93. The topological polar surface area (TPSA) is 87.3 Å². The smallest absolute Gasteiger partial charge is 0.277 e. The van der Waals surface area contributed by atoms with Gasteiger partial charge in [0.15, 0.2) is 5.01 Å².